The molecule has 0 saturated carbocycles. The van der Waals surface area contributed by atoms with Gasteiger partial charge in [-0.3, -0.25) is 9.69 Å². The summed E-state index contributed by atoms with van der Waals surface area (Å²) in [6.45, 7) is 0.0443. The van der Waals surface area contributed by atoms with E-state index in [0.29, 0.717) is 17.6 Å². The van der Waals surface area contributed by atoms with Gasteiger partial charge in [-0.05, 0) is 37.0 Å². The van der Waals surface area contributed by atoms with Crippen LogP contribution in [0.5, 0.6) is 0 Å². The molecule has 0 radical (unpaired) electrons. The van der Waals surface area contributed by atoms with Crippen LogP contribution in [0.15, 0.2) is 24.3 Å². The maximum Gasteiger partial charge on any atom is 0.310 e. The molecule has 2 aliphatic heterocycles. The third-order valence-corrected chi connectivity index (χ3v) is 5.43. The Hall–Kier alpha value is -1.13. The van der Waals surface area contributed by atoms with E-state index in [9.17, 15) is 9.18 Å². The summed E-state index contributed by atoms with van der Waals surface area (Å²) >= 11 is 5.97. The molecule has 0 aliphatic carbocycles. The molecule has 2 fully saturated rings. The summed E-state index contributed by atoms with van der Waals surface area (Å²) in [4.78, 5) is 14.6. The summed E-state index contributed by atoms with van der Waals surface area (Å²) in [5, 5.41) is 0.691. The van der Waals surface area contributed by atoms with Gasteiger partial charge in [-0.25, -0.2) is 4.39 Å². The molecule has 2 bridgehead atoms. The number of methoxy groups -OCH3 is 1. The molecule has 0 N–H and O–H groups in total. The maximum atomic E-state index is 12.9. The summed E-state index contributed by atoms with van der Waals surface area (Å²) in [5.74, 6) is -0.288. The number of fused-ring (bicyclic) bond motifs is 2. The Bertz CT molecular complexity index is 536. The molecular weight excluding hydrogens is 305 g/mol. The molecule has 0 amide bonds. The van der Waals surface area contributed by atoms with E-state index in [0.717, 1.165) is 24.8 Å². The molecule has 3 nitrogen and oxygen atoms in total. The summed E-state index contributed by atoms with van der Waals surface area (Å²) < 4.78 is 17.9. The fraction of sp³-hybridized carbons (Fsp3) is 0.588. The lowest BCUT2D eigenvalue weighted by Gasteiger charge is -2.43. The van der Waals surface area contributed by atoms with Crippen molar-refractivity contribution in [2.75, 3.05) is 20.3 Å². The third kappa shape index (κ3) is 2.74. The van der Waals surface area contributed by atoms with Crippen molar-refractivity contribution in [1.82, 2.24) is 4.90 Å². The number of benzene rings is 1. The van der Waals surface area contributed by atoms with Crippen LogP contribution in [0.4, 0.5) is 4.39 Å². The zero-order valence-electron chi connectivity index (χ0n) is 12.7. The van der Waals surface area contributed by atoms with Gasteiger partial charge in [0.15, 0.2) is 0 Å². The van der Waals surface area contributed by atoms with Crippen molar-refractivity contribution in [2.45, 2.75) is 37.3 Å². The van der Waals surface area contributed by atoms with Gasteiger partial charge >= 0.3 is 5.97 Å². The number of esters is 1. The number of carbonyl (C=O) groups excluding carboxylic acids is 1. The minimum absolute atomic E-state index is 0.0858. The van der Waals surface area contributed by atoms with Crippen LogP contribution in [-0.2, 0) is 9.53 Å². The second kappa shape index (κ2) is 6.55. The topological polar surface area (TPSA) is 29.5 Å². The Kier molecular flexibility index (Phi) is 4.69. The smallest absolute Gasteiger partial charge is 0.310 e. The predicted molar refractivity (Wildman–Crippen MR) is 83.8 cm³/mol. The van der Waals surface area contributed by atoms with Crippen LogP contribution in [0, 0.1) is 5.92 Å². The van der Waals surface area contributed by atoms with Gasteiger partial charge in [0.25, 0.3) is 0 Å². The van der Waals surface area contributed by atoms with E-state index in [1.54, 1.807) is 0 Å². The lowest BCUT2D eigenvalue weighted by atomic mass is 9.76. The summed E-state index contributed by atoms with van der Waals surface area (Å²) in [6, 6.07) is 8.16. The Morgan fingerprint density at radius 3 is 2.73 bits per heavy atom. The number of rotatable bonds is 4. The molecule has 120 valence electrons. The van der Waals surface area contributed by atoms with E-state index < -0.39 is 0 Å². The SMILES string of the molecule is COC(=O)[C@@H]1C2CCC(C[C@@H]1c1ccc(Cl)cc1)N2CCF. The average molecular weight is 326 g/mol. The van der Waals surface area contributed by atoms with Gasteiger partial charge in [-0.15, -0.1) is 0 Å². The molecule has 2 saturated heterocycles. The van der Waals surface area contributed by atoms with Crippen molar-refractivity contribution in [3.63, 3.8) is 0 Å². The van der Waals surface area contributed by atoms with Crippen LogP contribution in [-0.4, -0.2) is 43.3 Å². The van der Waals surface area contributed by atoms with Crippen molar-refractivity contribution < 1.29 is 13.9 Å². The van der Waals surface area contributed by atoms with Crippen LogP contribution < -0.4 is 0 Å². The highest BCUT2D eigenvalue weighted by Gasteiger charge is 2.50. The molecule has 4 atom stereocenters. The molecule has 22 heavy (non-hydrogen) atoms. The standard InChI is InChI=1S/C17H21ClFNO2/c1-22-17(21)16-14(11-2-4-12(18)5-3-11)10-13-6-7-15(16)20(13)9-8-19/h2-5,13-16H,6-10H2,1H3/t13?,14-,15?,16+/m1/s1. The highest BCUT2D eigenvalue weighted by Crippen LogP contribution is 2.47. The molecular formula is C17H21ClFNO2. The fourth-order valence-electron chi connectivity index (χ4n) is 4.27. The van der Waals surface area contributed by atoms with Gasteiger partial charge in [-0.2, -0.15) is 0 Å². The number of hydrogen-bond acceptors (Lipinski definition) is 3. The van der Waals surface area contributed by atoms with Crippen molar-refractivity contribution in [2.24, 2.45) is 5.92 Å². The summed E-state index contributed by atoms with van der Waals surface area (Å²) in [5.41, 5.74) is 1.12. The first-order valence-corrected chi connectivity index (χ1v) is 8.18. The first-order chi connectivity index (χ1) is 10.7. The second-order valence-electron chi connectivity index (χ2n) is 6.17. The average Bonchev–Trinajstić information content (AvgIpc) is 2.80. The number of nitrogens with zero attached hydrogens (tertiary/aromatic N) is 1. The molecule has 2 unspecified atom stereocenters. The number of halogens is 2. The van der Waals surface area contributed by atoms with Gasteiger partial charge in [0.1, 0.15) is 6.67 Å². The van der Waals surface area contributed by atoms with Gasteiger partial charge in [-0.1, -0.05) is 23.7 Å². The molecule has 1 aromatic rings. The summed E-state index contributed by atoms with van der Waals surface area (Å²) in [6.07, 6.45) is 2.84. The summed E-state index contributed by atoms with van der Waals surface area (Å²) in [7, 11) is 1.43. The number of carbonyl (C=O) groups is 1. The molecule has 5 heteroatoms. The Morgan fingerprint density at radius 1 is 1.36 bits per heavy atom. The third-order valence-electron chi connectivity index (χ3n) is 5.18. The van der Waals surface area contributed by atoms with Crippen LogP contribution >= 0.6 is 11.6 Å². The minimum atomic E-state index is -0.369. The van der Waals surface area contributed by atoms with E-state index in [1.165, 1.54) is 7.11 Å². The number of ether oxygens (including phenoxy) is 1. The highest BCUT2D eigenvalue weighted by molar-refractivity contribution is 6.30. The Labute approximate surface area is 135 Å². The van der Waals surface area contributed by atoms with Crippen molar-refractivity contribution in [1.29, 1.82) is 0 Å². The van der Waals surface area contributed by atoms with Gasteiger partial charge in [0.05, 0.1) is 13.0 Å². The van der Waals surface area contributed by atoms with Crippen LogP contribution in [0.3, 0.4) is 0 Å². The second-order valence-corrected chi connectivity index (χ2v) is 6.60. The normalized spacial score (nSPS) is 31.2. The molecule has 2 aliphatic rings. The lowest BCUT2D eigenvalue weighted by molar-refractivity contribution is -0.150. The first kappa shape index (κ1) is 15.8. The Balaban J connectivity index is 1.92. The predicted octanol–water partition coefficient (Wildman–Crippen LogP) is 3.42. The highest BCUT2D eigenvalue weighted by atomic mass is 35.5. The van der Waals surface area contributed by atoms with Gasteiger partial charge in [0, 0.05) is 29.6 Å². The largest absolute Gasteiger partial charge is 0.469 e. The van der Waals surface area contributed by atoms with Crippen LogP contribution in [0.25, 0.3) is 0 Å². The zero-order valence-corrected chi connectivity index (χ0v) is 13.4. The lowest BCUT2D eigenvalue weighted by Crippen LogP contribution is -2.51. The van der Waals surface area contributed by atoms with Crippen LogP contribution in [0.1, 0.15) is 30.7 Å². The van der Waals surface area contributed by atoms with E-state index in [1.807, 2.05) is 24.3 Å². The van der Waals surface area contributed by atoms with Crippen molar-refractivity contribution in [3.8, 4) is 0 Å². The fourth-order valence-corrected chi connectivity index (χ4v) is 4.40. The molecule has 2 heterocycles. The Morgan fingerprint density at radius 2 is 2.09 bits per heavy atom. The maximum absolute atomic E-state index is 12.9. The molecule has 0 aromatic heterocycles. The van der Waals surface area contributed by atoms with Crippen molar-refractivity contribution >= 4 is 17.6 Å². The van der Waals surface area contributed by atoms with E-state index in [4.69, 9.17) is 16.3 Å². The molecule has 1 aromatic carbocycles. The molecule has 0 spiro atoms. The minimum Gasteiger partial charge on any atom is -0.469 e. The van der Waals surface area contributed by atoms with Gasteiger partial charge in [0.2, 0.25) is 0 Å². The van der Waals surface area contributed by atoms with Crippen molar-refractivity contribution in [3.05, 3.63) is 34.9 Å². The number of hydrogen-bond donors (Lipinski definition) is 0. The quantitative estimate of drug-likeness (QED) is 0.794. The van der Waals surface area contributed by atoms with E-state index in [-0.39, 0.29) is 30.5 Å². The molecule has 3 rings (SSSR count). The number of alkyl halides is 1. The number of piperidine rings is 1. The van der Waals surface area contributed by atoms with E-state index >= 15 is 0 Å². The van der Waals surface area contributed by atoms with Crippen LogP contribution in [0.2, 0.25) is 5.02 Å². The van der Waals surface area contributed by atoms with Gasteiger partial charge < -0.3 is 4.74 Å². The first-order valence-electron chi connectivity index (χ1n) is 7.80. The monoisotopic (exact) mass is 325 g/mol. The van der Waals surface area contributed by atoms with E-state index in [2.05, 4.69) is 4.90 Å². The zero-order chi connectivity index (χ0) is 15.7.